The monoisotopic (exact) mass is 397 g/mol. The third kappa shape index (κ3) is 4.26. The fourth-order valence-electron chi connectivity index (χ4n) is 2.86. The molecule has 2 aromatic rings. The number of hydrogen-bond donors (Lipinski definition) is 0. The second kappa shape index (κ2) is 8.05. The Hall–Kier alpha value is -1.46. The van der Waals surface area contributed by atoms with Crippen LogP contribution in [0.2, 0.25) is 5.02 Å². The van der Waals surface area contributed by atoms with Gasteiger partial charge in [-0.2, -0.15) is 0 Å². The molecule has 26 heavy (non-hydrogen) atoms. The van der Waals surface area contributed by atoms with Crippen LogP contribution in [-0.4, -0.2) is 24.2 Å². The molecule has 1 heterocycles. The summed E-state index contributed by atoms with van der Waals surface area (Å²) in [6.45, 7) is 3.99. The third-order valence-corrected chi connectivity index (χ3v) is 6.40. The topological polar surface area (TPSA) is 78.6 Å². The molecule has 1 aliphatic carbocycles. The number of hydrogen-bond acceptors (Lipinski definition) is 6. The van der Waals surface area contributed by atoms with Gasteiger partial charge in [-0.15, -0.1) is 0 Å². The minimum atomic E-state index is -3.37. The van der Waals surface area contributed by atoms with Gasteiger partial charge in [-0.1, -0.05) is 16.8 Å². The SMILES string of the molecule is CCOP(=O)(Cc1cc(Cl)ccc1C(=O)c1conc1C1CC1)OCC. The minimum absolute atomic E-state index is 0.0274. The molecule has 1 aliphatic rings. The first-order valence-corrected chi connectivity index (χ1v) is 10.7. The van der Waals surface area contributed by atoms with Gasteiger partial charge >= 0.3 is 7.60 Å². The summed E-state index contributed by atoms with van der Waals surface area (Å²) in [4.78, 5) is 13.1. The number of nitrogens with zero attached hydrogens (tertiary/aromatic N) is 1. The van der Waals surface area contributed by atoms with Gasteiger partial charge in [0.1, 0.15) is 6.26 Å². The van der Waals surface area contributed by atoms with Crippen molar-refractivity contribution in [2.45, 2.75) is 38.8 Å². The average molecular weight is 398 g/mol. The fourth-order valence-corrected chi connectivity index (χ4v) is 4.77. The van der Waals surface area contributed by atoms with Crippen molar-refractivity contribution in [3.63, 3.8) is 0 Å². The van der Waals surface area contributed by atoms with Crippen molar-refractivity contribution in [3.8, 4) is 0 Å². The number of carbonyl (C=O) groups is 1. The van der Waals surface area contributed by atoms with Crippen molar-refractivity contribution < 1.29 is 22.9 Å². The van der Waals surface area contributed by atoms with Crippen LogP contribution in [-0.2, 0) is 19.8 Å². The zero-order valence-corrected chi connectivity index (χ0v) is 16.4. The summed E-state index contributed by atoms with van der Waals surface area (Å²) in [6.07, 6.45) is 3.35. The normalized spacial score (nSPS) is 14.6. The van der Waals surface area contributed by atoms with E-state index in [9.17, 15) is 9.36 Å². The van der Waals surface area contributed by atoms with Crippen LogP contribution in [0.25, 0.3) is 0 Å². The minimum Gasteiger partial charge on any atom is -0.364 e. The Labute approximate surface area is 157 Å². The predicted molar refractivity (Wildman–Crippen MR) is 97.9 cm³/mol. The third-order valence-electron chi connectivity index (χ3n) is 4.13. The van der Waals surface area contributed by atoms with Crippen LogP contribution in [0, 0.1) is 0 Å². The van der Waals surface area contributed by atoms with E-state index in [1.165, 1.54) is 6.26 Å². The largest absolute Gasteiger partial charge is 0.364 e. The van der Waals surface area contributed by atoms with E-state index in [4.69, 9.17) is 25.2 Å². The fraction of sp³-hybridized carbons (Fsp3) is 0.444. The van der Waals surface area contributed by atoms with Gasteiger partial charge in [0.05, 0.1) is 30.6 Å². The standard InChI is InChI=1S/C18H21ClNO5P/c1-3-24-26(22,25-4-2)11-13-9-14(19)7-8-15(13)18(21)16-10-23-20-17(16)12-5-6-12/h7-10,12H,3-6,11H2,1-2H3. The van der Waals surface area contributed by atoms with Crippen LogP contribution < -0.4 is 0 Å². The zero-order valence-electron chi connectivity index (χ0n) is 14.7. The van der Waals surface area contributed by atoms with Gasteiger partial charge in [-0.25, -0.2) is 0 Å². The molecule has 1 aromatic carbocycles. The Morgan fingerprint density at radius 3 is 2.58 bits per heavy atom. The van der Waals surface area contributed by atoms with Gasteiger partial charge in [0.15, 0.2) is 5.78 Å². The Balaban J connectivity index is 1.96. The lowest BCUT2D eigenvalue weighted by molar-refractivity contribution is 0.103. The van der Waals surface area contributed by atoms with Crippen LogP contribution in [0.1, 0.15) is 59.8 Å². The van der Waals surface area contributed by atoms with E-state index in [0.29, 0.717) is 27.4 Å². The molecule has 6 nitrogen and oxygen atoms in total. The Kier molecular flexibility index (Phi) is 5.98. The molecule has 0 saturated heterocycles. The van der Waals surface area contributed by atoms with Crippen LogP contribution in [0.4, 0.5) is 0 Å². The average Bonchev–Trinajstić information content (AvgIpc) is 3.31. The van der Waals surface area contributed by atoms with Crippen LogP contribution in [0.5, 0.6) is 0 Å². The smallest absolute Gasteiger partial charge is 0.335 e. The molecule has 0 bridgehead atoms. The van der Waals surface area contributed by atoms with Gasteiger partial charge in [0, 0.05) is 16.5 Å². The van der Waals surface area contributed by atoms with Gasteiger partial charge in [-0.3, -0.25) is 9.36 Å². The highest BCUT2D eigenvalue weighted by Crippen LogP contribution is 2.52. The van der Waals surface area contributed by atoms with Gasteiger partial charge < -0.3 is 13.6 Å². The molecule has 1 fully saturated rings. The molecule has 140 valence electrons. The Bertz CT molecular complexity index is 836. The van der Waals surface area contributed by atoms with Crippen molar-refractivity contribution >= 4 is 25.0 Å². The summed E-state index contributed by atoms with van der Waals surface area (Å²) in [5, 5.41) is 4.43. The highest BCUT2D eigenvalue weighted by atomic mass is 35.5. The van der Waals surface area contributed by atoms with Gasteiger partial charge in [0.2, 0.25) is 0 Å². The molecule has 0 radical (unpaired) electrons. The molecule has 0 amide bonds. The lowest BCUT2D eigenvalue weighted by Crippen LogP contribution is -2.09. The van der Waals surface area contributed by atoms with Crippen molar-refractivity contribution in [2.24, 2.45) is 0 Å². The highest BCUT2D eigenvalue weighted by molar-refractivity contribution is 7.53. The summed E-state index contributed by atoms with van der Waals surface area (Å²) in [6, 6.07) is 4.89. The lowest BCUT2D eigenvalue weighted by Gasteiger charge is -2.18. The maximum absolute atomic E-state index is 13.1. The highest BCUT2D eigenvalue weighted by Gasteiger charge is 2.33. The van der Waals surface area contributed by atoms with Crippen molar-refractivity contribution in [1.82, 2.24) is 5.16 Å². The number of ketones is 1. The maximum atomic E-state index is 13.1. The predicted octanol–water partition coefficient (Wildman–Crippen LogP) is 5.20. The quantitative estimate of drug-likeness (QED) is 0.427. The van der Waals surface area contributed by atoms with E-state index in [-0.39, 0.29) is 31.1 Å². The van der Waals surface area contributed by atoms with Crippen LogP contribution in [0.15, 0.2) is 29.0 Å². The molecule has 1 saturated carbocycles. The molecular weight excluding hydrogens is 377 g/mol. The second-order valence-corrected chi connectivity index (χ2v) is 8.61. The second-order valence-electron chi connectivity index (χ2n) is 6.12. The summed E-state index contributed by atoms with van der Waals surface area (Å²) in [5.74, 6) is 0.0563. The summed E-state index contributed by atoms with van der Waals surface area (Å²) >= 11 is 6.11. The number of aromatic nitrogens is 1. The lowest BCUT2D eigenvalue weighted by atomic mass is 9.98. The van der Waals surface area contributed by atoms with E-state index >= 15 is 0 Å². The van der Waals surface area contributed by atoms with E-state index in [1.807, 2.05) is 0 Å². The van der Waals surface area contributed by atoms with Gasteiger partial charge in [0.25, 0.3) is 0 Å². The molecule has 8 heteroatoms. The molecular formula is C18H21ClNO5P. The summed E-state index contributed by atoms with van der Waals surface area (Å²) in [7, 11) is -3.37. The van der Waals surface area contributed by atoms with E-state index in [2.05, 4.69) is 5.16 Å². The van der Waals surface area contributed by atoms with Crippen molar-refractivity contribution in [2.75, 3.05) is 13.2 Å². The van der Waals surface area contributed by atoms with Gasteiger partial charge in [-0.05, 0) is 50.5 Å². The number of halogens is 1. The van der Waals surface area contributed by atoms with Crippen LogP contribution in [0.3, 0.4) is 0 Å². The maximum Gasteiger partial charge on any atom is 0.335 e. The first-order valence-electron chi connectivity index (χ1n) is 8.63. The van der Waals surface area contributed by atoms with E-state index in [1.54, 1.807) is 32.0 Å². The molecule has 0 N–H and O–H groups in total. The molecule has 3 rings (SSSR count). The first kappa shape index (κ1) is 19.3. The van der Waals surface area contributed by atoms with Crippen molar-refractivity contribution in [1.29, 1.82) is 0 Å². The molecule has 0 spiro atoms. The number of benzene rings is 1. The summed E-state index contributed by atoms with van der Waals surface area (Å²) in [5.41, 5.74) is 2.06. The number of carbonyl (C=O) groups excluding carboxylic acids is 1. The molecule has 0 atom stereocenters. The van der Waals surface area contributed by atoms with Crippen molar-refractivity contribution in [3.05, 3.63) is 51.9 Å². The molecule has 0 unspecified atom stereocenters. The zero-order chi connectivity index (χ0) is 18.7. The first-order chi connectivity index (χ1) is 12.5. The van der Waals surface area contributed by atoms with E-state index in [0.717, 1.165) is 12.8 Å². The van der Waals surface area contributed by atoms with E-state index < -0.39 is 7.60 Å². The van der Waals surface area contributed by atoms with Crippen LogP contribution >= 0.6 is 19.2 Å². The Morgan fingerprint density at radius 2 is 1.96 bits per heavy atom. The number of rotatable bonds is 9. The molecule has 1 aromatic heterocycles. The Morgan fingerprint density at radius 1 is 1.27 bits per heavy atom. The molecule has 0 aliphatic heterocycles. The summed E-state index contributed by atoms with van der Waals surface area (Å²) < 4.78 is 28.7.